The fourth-order valence-electron chi connectivity index (χ4n) is 4.77. The normalized spacial score (nSPS) is 15.8. The molecule has 4 aromatic carbocycles. The van der Waals surface area contributed by atoms with Crippen LogP contribution in [0.5, 0.6) is 0 Å². The fraction of sp³-hybridized carbons (Fsp3) is 0.133. The van der Waals surface area contributed by atoms with Gasteiger partial charge in [0.15, 0.2) is 6.04 Å². The maximum absolute atomic E-state index is 13.4. The van der Waals surface area contributed by atoms with Crippen LogP contribution < -0.4 is 0 Å². The number of nitrogens with zero attached hydrogens (tertiary/aromatic N) is 1. The van der Waals surface area contributed by atoms with E-state index in [1.807, 2.05) is 121 Å². The first kappa shape index (κ1) is 22.6. The van der Waals surface area contributed by atoms with Gasteiger partial charge in [0.2, 0.25) is 0 Å². The highest BCUT2D eigenvalue weighted by atomic mass is 16.6. The van der Waals surface area contributed by atoms with E-state index in [1.165, 1.54) is 0 Å². The van der Waals surface area contributed by atoms with Crippen LogP contribution in [-0.2, 0) is 26.4 Å². The molecular weight excluding hydrogens is 438 g/mol. The highest BCUT2D eigenvalue weighted by Gasteiger charge is 2.55. The number of amides is 1. The largest absolute Gasteiger partial charge is 0.419 e. The number of benzene rings is 4. The molecular formula is C30H25NO4. The summed E-state index contributed by atoms with van der Waals surface area (Å²) in [7, 11) is 0. The van der Waals surface area contributed by atoms with Gasteiger partial charge in [-0.15, -0.1) is 0 Å². The van der Waals surface area contributed by atoms with E-state index < -0.39 is 23.6 Å². The van der Waals surface area contributed by atoms with Crippen molar-refractivity contribution >= 4 is 12.1 Å². The Balaban J connectivity index is 1.64. The first-order chi connectivity index (χ1) is 17.2. The van der Waals surface area contributed by atoms with Crippen molar-refractivity contribution in [2.75, 3.05) is 6.61 Å². The van der Waals surface area contributed by atoms with Crippen LogP contribution in [0.3, 0.4) is 0 Å². The van der Waals surface area contributed by atoms with Crippen LogP contribution in [-0.4, -0.2) is 29.6 Å². The van der Waals surface area contributed by atoms with Gasteiger partial charge in [-0.25, -0.2) is 9.59 Å². The van der Waals surface area contributed by atoms with Gasteiger partial charge in [0.25, 0.3) is 0 Å². The summed E-state index contributed by atoms with van der Waals surface area (Å²) in [6.45, 7) is 0.329. The van der Waals surface area contributed by atoms with Crippen LogP contribution in [0.15, 0.2) is 121 Å². The number of carbonyl (C=O) groups is 2. The van der Waals surface area contributed by atoms with Crippen molar-refractivity contribution in [1.29, 1.82) is 0 Å². The van der Waals surface area contributed by atoms with Crippen molar-refractivity contribution in [1.82, 2.24) is 4.90 Å². The quantitative estimate of drug-likeness (QED) is 0.196. The van der Waals surface area contributed by atoms with E-state index in [0.29, 0.717) is 6.61 Å². The molecule has 0 bridgehead atoms. The summed E-state index contributed by atoms with van der Waals surface area (Å²) in [5, 5.41) is 0. The molecule has 0 N–H and O–H groups in total. The first-order valence-corrected chi connectivity index (χ1v) is 11.5. The predicted octanol–water partition coefficient (Wildman–Crippen LogP) is 5.54. The molecule has 5 heteroatoms. The molecule has 1 fully saturated rings. The molecule has 1 amide bonds. The Morgan fingerprint density at radius 1 is 0.657 bits per heavy atom. The summed E-state index contributed by atoms with van der Waals surface area (Å²) in [5.74, 6) is -0.616. The summed E-state index contributed by atoms with van der Waals surface area (Å²) in [6, 6.07) is 38.0. The molecule has 4 aromatic rings. The maximum atomic E-state index is 13.4. The number of ether oxygens (including phenoxy) is 2. The smallest absolute Gasteiger partial charge is 0.374 e. The molecule has 0 spiro atoms. The van der Waals surface area contributed by atoms with E-state index in [2.05, 4.69) is 0 Å². The lowest BCUT2D eigenvalue weighted by atomic mass is 9.75. The molecule has 174 valence electrons. The van der Waals surface area contributed by atoms with E-state index in [1.54, 1.807) is 4.90 Å². The van der Waals surface area contributed by atoms with Crippen LogP contribution in [0.4, 0.5) is 4.79 Å². The van der Waals surface area contributed by atoms with Crippen molar-refractivity contribution in [2.45, 2.75) is 18.2 Å². The van der Waals surface area contributed by atoms with Gasteiger partial charge in [0.05, 0.1) is 13.2 Å². The second-order valence-electron chi connectivity index (χ2n) is 8.38. The van der Waals surface area contributed by atoms with Crippen LogP contribution >= 0.6 is 0 Å². The average molecular weight is 464 g/mol. The third-order valence-electron chi connectivity index (χ3n) is 6.29. The van der Waals surface area contributed by atoms with Gasteiger partial charge in [-0.2, -0.15) is 0 Å². The topological polar surface area (TPSA) is 55.8 Å². The molecule has 0 aliphatic carbocycles. The highest BCUT2D eigenvalue weighted by molar-refractivity contribution is 5.97. The van der Waals surface area contributed by atoms with Gasteiger partial charge in [0, 0.05) is 0 Å². The number of cyclic esters (lactones) is 2. The molecule has 1 atom stereocenters. The third-order valence-corrected chi connectivity index (χ3v) is 6.29. The Bertz CT molecular complexity index is 1180. The summed E-state index contributed by atoms with van der Waals surface area (Å²) >= 11 is 0. The Morgan fingerprint density at radius 3 is 1.54 bits per heavy atom. The lowest BCUT2D eigenvalue weighted by Gasteiger charge is -2.44. The van der Waals surface area contributed by atoms with Crippen LogP contribution in [0.2, 0.25) is 0 Å². The molecule has 5 nitrogen and oxygen atoms in total. The van der Waals surface area contributed by atoms with Gasteiger partial charge in [-0.3, -0.25) is 4.90 Å². The second-order valence-corrected chi connectivity index (χ2v) is 8.38. The zero-order valence-electron chi connectivity index (χ0n) is 19.1. The van der Waals surface area contributed by atoms with Gasteiger partial charge in [0.1, 0.15) is 5.54 Å². The van der Waals surface area contributed by atoms with Crippen LogP contribution in [0.1, 0.15) is 22.3 Å². The molecule has 1 aliphatic rings. The summed E-state index contributed by atoms with van der Waals surface area (Å²) in [5.41, 5.74) is 2.41. The predicted molar refractivity (Wildman–Crippen MR) is 132 cm³/mol. The summed E-state index contributed by atoms with van der Waals surface area (Å²) < 4.78 is 11.2. The SMILES string of the molecule is O=C1OC(=O)N(C(c2ccccc2)(c2ccccc2)c2ccccc2)[C@H]1COCc1ccccc1. The monoisotopic (exact) mass is 463 g/mol. The molecule has 0 saturated carbocycles. The summed E-state index contributed by atoms with van der Waals surface area (Å²) in [4.78, 5) is 28.0. The minimum atomic E-state index is -1.10. The van der Waals surface area contributed by atoms with Crippen molar-refractivity contribution in [3.8, 4) is 0 Å². The van der Waals surface area contributed by atoms with Gasteiger partial charge >= 0.3 is 12.1 Å². The van der Waals surface area contributed by atoms with Crippen molar-refractivity contribution in [3.05, 3.63) is 144 Å². The number of rotatable bonds is 8. The van der Waals surface area contributed by atoms with E-state index in [9.17, 15) is 9.59 Å². The van der Waals surface area contributed by atoms with Crippen LogP contribution in [0.25, 0.3) is 0 Å². The standard InChI is InChI=1S/C30H25NO4/c32-28-27(22-34-21-23-13-5-1-6-14-23)31(29(33)35-28)30(24-15-7-2-8-16-24,25-17-9-3-10-18-25)26-19-11-4-12-20-26/h1-20,27H,21-22H2/t27-/m0/s1. The lowest BCUT2D eigenvalue weighted by Crippen LogP contribution is -2.54. The van der Waals surface area contributed by atoms with Gasteiger partial charge in [-0.1, -0.05) is 121 Å². The zero-order chi connectivity index (χ0) is 24.1. The van der Waals surface area contributed by atoms with Gasteiger partial charge < -0.3 is 9.47 Å². The van der Waals surface area contributed by atoms with Crippen molar-refractivity contribution in [2.24, 2.45) is 0 Å². The minimum Gasteiger partial charge on any atom is -0.374 e. The molecule has 0 aromatic heterocycles. The number of esters is 1. The summed E-state index contributed by atoms with van der Waals surface area (Å²) in [6.07, 6.45) is -0.695. The molecule has 0 unspecified atom stereocenters. The number of carbonyl (C=O) groups excluding carboxylic acids is 2. The average Bonchev–Trinajstić information content (AvgIpc) is 3.20. The maximum Gasteiger partial charge on any atom is 0.419 e. The highest BCUT2D eigenvalue weighted by Crippen LogP contribution is 2.45. The Hall–Kier alpha value is -4.22. The molecule has 35 heavy (non-hydrogen) atoms. The van der Waals surface area contributed by atoms with Gasteiger partial charge in [-0.05, 0) is 22.3 Å². The number of hydrogen-bond acceptors (Lipinski definition) is 4. The minimum absolute atomic E-state index is 0.00766. The fourth-order valence-corrected chi connectivity index (χ4v) is 4.77. The molecule has 1 aliphatic heterocycles. The van der Waals surface area contributed by atoms with Crippen LogP contribution in [0, 0.1) is 0 Å². The first-order valence-electron chi connectivity index (χ1n) is 11.5. The Kier molecular flexibility index (Phi) is 6.42. The van der Waals surface area contributed by atoms with E-state index >= 15 is 0 Å². The van der Waals surface area contributed by atoms with Crippen molar-refractivity contribution in [3.63, 3.8) is 0 Å². The third kappa shape index (κ3) is 4.22. The van der Waals surface area contributed by atoms with E-state index in [4.69, 9.17) is 9.47 Å². The lowest BCUT2D eigenvalue weighted by molar-refractivity contribution is -0.137. The molecule has 1 heterocycles. The second kappa shape index (κ2) is 9.95. The zero-order valence-corrected chi connectivity index (χ0v) is 19.1. The van der Waals surface area contributed by atoms with Crippen molar-refractivity contribution < 1.29 is 19.1 Å². The Labute approximate surface area is 204 Å². The van der Waals surface area contributed by atoms with E-state index in [-0.39, 0.29) is 6.61 Å². The number of hydrogen-bond donors (Lipinski definition) is 0. The molecule has 5 rings (SSSR count). The molecule has 1 saturated heterocycles. The Morgan fingerprint density at radius 2 is 1.09 bits per heavy atom. The van der Waals surface area contributed by atoms with E-state index in [0.717, 1.165) is 22.3 Å². The molecule has 0 radical (unpaired) electrons.